The van der Waals surface area contributed by atoms with Gasteiger partial charge in [0.25, 0.3) is 0 Å². The van der Waals surface area contributed by atoms with E-state index in [1.54, 1.807) is 29.7 Å². The maximum Gasteiger partial charge on any atom is 0.411 e. The molecule has 0 aromatic heterocycles. The minimum absolute atomic E-state index is 0.120. The Morgan fingerprint density at radius 1 is 0.740 bits per heavy atom. The van der Waals surface area contributed by atoms with Gasteiger partial charge in [-0.05, 0) is 121 Å². The lowest BCUT2D eigenvalue weighted by atomic mass is 9.92. The molecule has 0 bridgehead atoms. The average molecular weight is 734 g/mol. The number of esters is 2. The van der Waals surface area contributed by atoms with Gasteiger partial charge < -0.3 is 23.8 Å². The van der Waals surface area contributed by atoms with E-state index in [0.29, 0.717) is 55.6 Å². The monoisotopic (exact) mass is 732 g/mol. The van der Waals surface area contributed by atoms with Crippen molar-refractivity contribution in [3.8, 4) is 0 Å². The summed E-state index contributed by atoms with van der Waals surface area (Å²) in [4.78, 5) is 51.9. The lowest BCUT2D eigenvalue weighted by Gasteiger charge is -2.37. The van der Waals surface area contributed by atoms with E-state index in [4.69, 9.17) is 42.1 Å². The Kier molecular flexibility index (Phi) is 14.6. The van der Waals surface area contributed by atoms with Gasteiger partial charge in [0, 0.05) is 41.7 Å². The zero-order valence-corrected chi connectivity index (χ0v) is 31.9. The van der Waals surface area contributed by atoms with Crippen molar-refractivity contribution < 1.29 is 38.1 Å². The molecule has 274 valence electrons. The van der Waals surface area contributed by atoms with E-state index in [1.807, 2.05) is 77.9 Å². The van der Waals surface area contributed by atoms with Crippen LogP contribution in [0.25, 0.3) is 0 Å². The van der Waals surface area contributed by atoms with Gasteiger partial charge in [0.1, 0.15) is 11.2 Å². The van der Waals surface area contributed by atoms with Crippen LogP contribution in [0.2, 0.25) is 10.0 Å². The zero-order valence-electron chi connectivity index (χ0n) is 30.3. The molecule has 0 fully saturated rings. The van der Waals surface area contributed by atoms with Gasteiger partial charge in [-0.3, -0.25) is 9.69 Å². The highest BCUT2D eigenvalue weighted by Crippen LogP contribution is 2.30. The number of nitrogens with zero attached hydrogens (tertiary/aromatic N) is 2. The van der Waals surface area contributed by atoms with Crippen molar-refractivity contribution in [2.45, 2.75) is 117 Å². The van der Waals surface area contributed by atoms with Crippen LogP contribution < -0.4 is 0 Å². The Labute approximate surface area is 306 Å². The van der Waals surface area contributed by atoms with Crippen LogP contribution in [0.1, 0.15) is 90.5 Å². The number of rotatable bonds is 7. The molecule has 0 saturated heterocycles. The molecular weight excluding hydrogens is 683 g/mol. The van der Waals surface area contributed by atoms with Crippen LogP contribution in [0, 0.1) is 0 Å². The lowest BCUT2D eigenvalue weighted by molar-refractivity contribution is -0.143. The molecule has 2 atom stereocenters. The van der Waals surface area contributed by atoms with Crippen molar-refractivity contribution in [1.82, 2.24) is 9.80 Å². The van der Waals surface area contributed by atoms with Crippen molar-refractivity contribution in [3.63, 3.8) is 0 Å². The Hall–Kier alpha value is -3.76. The Bertz CT molecular complexity index is 1550. The molecule has 12 heteroatoms. The SMILES string of the molecule is CCOC(=O)/C=C/[C@H]1Cc2cc(Cl)ccc2CN1C(=O)OC(C)(C)C.CCOC(=O)CC[C@H]1Cc2cc(Cl)ccc2CN1C(=O)OC(C)(C)C. The molecule has 2 aliphatic heterocycles. The highest BCUT2D eigenvalue weighted by molar-refractivity contribution is 6.31. The van der Waals surface area contributed by atoms with Crippen LogP contribution in [-0.2, 0) is 54.5 Å². The summed E-state index contributed by atoms with van der Waals surface area (Å²) in [5, 5.41) is 1.33. The first-order valence-corrected chi connectivity index (χ1v) is 17.7. The standard InChI is InChI=1S/C19H26ClNO4.C19H24ClNO4/c2*1-5-24-17(22)9-8-16-11-14-10-15(20)7-6-13(14)12-21(16)18(23)25-19(2,3)4/h6-7,10,16H,5,8-9,11-12H2,1-4H3;6-10,16H,5,11-12H2,1-4H3/b;9-8+/t2*16-/m00/s1. The second-order valence-electron chi connectivity index (χ2n) is 14.1. The molecule has 0 radical (unpaired) electrons. The predicted octanol–water partition coefficient (Wildman–Crippen LogP) is 8.47. The molecule has 10 nitrogen and oxygen atoms in total. The van der Waals surface area contributed by atoms with Crippen LogP contribution in [0.4, 0.5) is 9.59 Å². The fraction of sp³-hybridized carbons (Fsp3) is 0.526. The van der Waals surface area contributed by atoms with Gasteiger partial charge in [0.05, 0.1) is 19.3 Å². The van der Waals surface area contributed by atoms with Crippen molar-refractivity contribution in [1.29, 1.82) is 0 Å². The maximum atomic E-state index is 12.6. The molecule has 0 saturated carbocycles. The topological polar surface area (TPSA) is 112 Å². The molecule has 0 spiro atoms. The first-order chi connectivity index (χ1) is 23.4. The van der Waals surface area contributed by atoms with Gasteiger partial charge in [-0.2, -0.15) is 0 Å². The average Bonchev–Trinajstić information content (AvgIpc) is 3.00. The second-order valence-corrected chi connectivity index (χ2v) is 15.0. The van der Waals surface area contributed by atoms with E-state index in [0.717, 1.165) is 22.3 Å². The number of carbonyl (C=O) groups excluding carboxylic acids is 4. The van der Waals surface area contributed by atoms with Gasteiger partial charge in [-0.1, -0.05) is 41.4 Å². The fourth-order valence-corrected chi connectivity index (χ4v) is 5.96. The fourth-order valence-electron chi connectivity index (χ4n) is 5.57. The number of hydrogen-bond acceptors (Lipinski definition) is 8. The minimum atomic E-state index is -0.591. The summed E-state index contributed by atoms with van der Waals surface area (Å²) in [5.41, 5.74) is 3.10. The summed E-state index contributed by atoms with van der Waals surface area (Å²) in [7, 11) is 0. The van der Waals surface area contributed by atoms with Gasteiger partial charge in [0.15, 0.2) is 0 Å². The highest BCUT2D eigenvalue weighted by Gasteiger charge is 2.34. The van der Waals surface area contributed by atoms with Gasteiger partial charge in [0.2, 0.25) is 0 Å². The molecule has 2 aliphatic rings. The highest BCUT2D eigenvalue weighted by atomic mass is 35.5. The number of fused-ring (bicyclic) bond motifs is 2. The molecule has 0 N–H and O–H groups in total. The predicted molar refractivity (Wildman–Crippen MR) is 193 cm³/mol. The van der Waals surface area contributed by atoms with Crippen LogP contribution in [0.3, 0.4) is 0 Å². The van der Waals surface area contributed by atoms with Gasteiger partial charge >= 0.3 is 24.1 Å². The summed E-state index contributed by atoms with van der Waals surface area (Å²) in [6.45, 7) is 16.1. The number of amides is 2. The van der Waals surface area contributed by atoms with E-state index < -0.39 is 23.3 Å². The number of ether oxygens (including phenoxy) is 4. The maximum absolute atomic E-state index is 12.6. The summed E-state index contributed by atoms with van der Waals surface area (Å²) in [6, 6.07) is 10.9. The first-order valence-electron chi connectivity index (χ1n) is 16.9. The van der Waals surface area contributed by atoms with E-state index in [2.05, 4.69) is 0 Å². The molecule has 4 rings (SSSR count). The largest absolute Gasteiger partial charge is 0.466 e. The number of carbonyl (C=O) groups is 4. The first kappa shape index (κ1) is 40.7. The Morgan fingerprint density at radius 2 is 1.24 bits per heavy atom. The third-order valence-electron chi connectivity index (χ3n) is 7.73. The van der Waals surface area contributed by atoms with Crippen molar-refractivity contribution in [3.05, 3.63) is 80.8 Å². The van der Waals surface area contributed by atoms with Crippen molar-refractivity contribution in [2.24, 2.45) is 0 Å². The Balaban J connectivity index is 0.000000270. The minimum Gasteiger partial charge on any atom is -0.466 e. The number of halogens is 2. The molecular formula is C38H50Cl2N2O8. The van der Waals surface area contributed by atoms with E-state index in [9.17, 15) is 19.2 Å². The summed E-state index contributed by atoms with van der Waals surface area (Å²) in [5.74, 6) is -0.674. The second kappa shape index (κ2) is 17.9. The molecule has 0 unspecified atom stereocenters. The summed E-state index contributed by atoms with van der Waals surface area (Å²) in [6.07, 6.45) is 4.29. The number of benzene rings is 2. The lowest BCUT2D eigenvalue weighted by Crippen LogP contribution is -2.46. The van der Waals surface area contributed by atoms with Crippen LogP contribution >= 0.6 is 23.2 Å². The summed E-state index contributed by atoms with van der Waals surface area (Å²) < 4.78 is 21.0. The van der Waals surface area contributed by atoms with E-state index in [-0.39, 0.29) is 30.6 Å². The van der Waals surface area contributed by atoms with Crippen LogP contribution in [0.5, 0.6) is 0 Å². The van der Waals surface area contributed by atoms with E-state index in [1.165, 1.54) is 6.08 Å². The van der Waals surface area contributed by atoms with Crippen LogP contribution in [-0.4, -0.2) is 70.4 Å². The molecule has 2 amide bonds. The Morgan fingerprint density at radius 3 is 1.76 bits per heavy atom. The zero-order chi connectivity index (χ0) is 37.2. The molecule has 2 aromatic rings. The van der Waals surface area contributed by atoms with Crippen LogP contribution in [0.15, 0.2) is 48.6 Å². The smallest absolute Gasteiger partial charge is 0.411 e. The number of hydrogen-bond donors (Lipinski definition) is 0. The molecule has 2 aromatic carbocycles. The summed E-state index contributed by atoms with van der Waals surface area (Å²) >= 11 is 12.2. The van der Waals surface area contributed by atoms with Crippen molar-refractivity contribution in [2.75, 3.05) is 13.2 Å². The van der Waals surface area contributed by atoms with Gasteiger partial charge in [-0.15, -0.1) is 0 Å². The third kappa shape index (κ3) is 12.8. The molecule has 2 heterocycles. The molecule has 50 heavy (non-hydrogen) atoms. The third-order valence-corrected chi connectivity index (χ3v) is 8.20. The van der Waals surface area contributed by atoms with Crippen molar-refractivity contribution >= 4 is 47.3 Å². The van der Waals surface area contributed by atoms with E-state index >= 15 is 0 Å². The molecule has 0 aliphatic carbocycles. The van der Waals surface area contributed by atoms with Gasteiger partial charge in [-0.25, -0.2) is 14.4 Å². The normalized spacial score (nSPS) is 17.2. The quantitative estimate of drug-likeness (QED) is 0.158.